The molecule has 0 saturated heterocycles. The molecule has 0 aliphatic rings. The lowest BCUT2D eigenvalue weighted by atomic mass is 10.0. The van der Waals surface area contributed by atoms with Gasteiger partial charge >= 0.3 is 0 Å². The summed E-state index contributed by atoms with van der Waals surface area (Å²) in [6, 6.07) is 20.3. The second-order valence-electron chi connectivity index (χ2n) is 8.85. The van der Waals surface area contributed by atoms with E-state index in [9.17, 15) is 9.59 Å². The minimum absolute atomic E-state index is 0.219. The topological polar surface area (TPSA) is 106 Å². The van der Waals surface area contributed by atoms with Gasteiger partial charge in [0.15, 0.2) is 6.61 Å². The number of ether oxygens (including phenoxy) is 1. The molecule has 0 fully saturated rings. The van der Waals surface area contributed by atoms with E-state index in [1.807, 2.05) is 56.3 Å². The molecule has 0 aliphatic carbocycles. The van der Waals surface area contributed by atoms with Crippen LogP contribution in [-0.4, -0.2) is 28.6 Å². The fourth-order valence-corrected chi connectivity index (χ4v) is 3.62. The predicted octanol–water partition coefficient (Wildman–Crippen LogP) is 4.98. The number of hydrazine groups is 1. The summed E-state index contributed by atoms with van der Waals surface area (Å²) in [5, 5.41) is 8.22. The highest BCUT2D eigenvalue weighted by atomic mass is 16.5. The van der Waals surface area contributed by atoms with Crippen molar-refractivity contribution in [2.75, 3.05) is 6.61 Å². The van der Waals surface area contributed by atoms with Gasteiger partial charge in [-0.1, -0.05) is 43.7 Å². The van der Waals surface area contributed by atoms with Crippen molar-refractivity contribution in [3.63, 3.8) is 0 Å². The highest BCUT2D eigenvalue weighted by Gasteiger charge is 2.14. The Morgan fingerprint density at radius 3 is 2.25 bits per heavy atom. The zero-order valence-corrected chi connectivity index (χ0v) is 20.7. The van der Waals surface area contributed by atoms with Gasteiger partial charge in [0.1, 0.15) is 5.75 Å². The molecule has 3 aromatic carbocycles. The van der Waals surface area contributed by atoms with Crippen molar-refractivity contribution in [2.24, 2.45) is 0 Å². The van der Waals surface area contributed by atoms with Crippen LogP contribution in [-0.2, 0) is 4.79 Å². The van der Waals surface area contributed by atoms with Crippen LogP contribution in [0.5, 0.6) is 5.75 Å². The Morgan fingerprint density at radius 2 is 1.56 bits per heavy atom. The van der Waals surface area contributed by atoms with Gasteiger partial charge in [0, 0.05) is 16.7 Å². The molecule has 2 N–H and O–H groups in total. The smallest absolute Gasteiger partial charge is 0.276 e. The van der Waals surface area contributed by atoms with Crippen LogP contribution < -0.4 is 15.6 Å². The summed E-state index contributed by atoms with van der Waals surface area (Å²) >= 11 is 0. The second kappa shape index (κ2) is 10.9. The molecule has 0 spiro atoms. The van der Waals surface area contributed by atoms with Gasteiger partial charge in [-0.25, -0.2) is 0 Å². The highest BCUT2D eigenvalue weighted by Crippen LogP contribution is 2.27. The van der Waals surface area contributed by atoms with Gasteiger partial charge in [0.2, 0.25) is 11.8 Å². The highest BCUT2D eigenvalue weighted by molar-refractivity contribution is 5.95. The molecule has 4 aromatic rings. The summed E-state index contributed by atoms with van der Waals surface area (Å²) in [7, 11) is 0. The fraction of sp³-hybridized carbons (Fsp3) is 0.214. The van der Waals surface area contributed by atoms with E-state index in [0.717, 1.165) is 22.3 Å². The van der Waals surface area contributed by atoms with Crippen molar-refractivity contribution in [2.45, 2.75) is 33.6 Å². The Kier molecular flexibility index (Phi) is 7.44. The summed E-state index contributed by atoms with van der Waals surface area (Å²) in [4.78, 5) is 24.7. The Morgan fingerprint density at radius 1 is 0.861 bits per heavy atom. The Labute approximate surface area is 209 Å². The van der Waals surface area contributed by atoms with Crippen LogP contribution in [0.25, 0.3) is 22.9 Å². The van der Waals surface area contributed by atoms with Gasteiger partial charge < -0.3 is 9.15 Å². The monoisotopic (exact) mass is 484 g/mol. The zero-order valence-electron chi connectivity index (χ0n) is 20.7. The molecule has 8 heteroatoms. The van der Waals surface area contributed by atoms with Gasteiger partial charge in [0.25, 0.3) is 11.8 Å². The molecule has 1 heterocycles. The largest absolute Gasteiger partial charge is 0.483 e. The predicted molar refractivity (Wildman–Crippen MR) is 136 cm³/mol. The molecule has 0 bridgehead atoms. The van der Waals surface area contributed by atoms with Crippen molar-refractivity contribution in [3.8, 4) is 28.7 Å². The first-order valence-electron chi connectivity index (χ1n) is 11.6. The van der Waals surface area contributed by atoms with Crippen molar-refractivity contribution in [1.82, 2.24) is 21.0 Å². The Bertz CT molecular complexity index is 1380. The molecule has 0 unspecified atom stereocenters. The van der Waals surface area contributed by atoms with Gasteiger partial charge in [-0.2, -0.15) is 0 Å². The lowest BCUT2D eigenvalue weighted by Crippen LogP contribution is -2.43. The summed E-state index contributed by atoms with van der Waals surface area (Å²) in [6.07, 6.45) is 0. The number of aromatic nitrogens is 2. The number of carbonyl (C=O) groups excluding carboxylic acids is 2. The first kappa shape index (κ1) is 24.7. The molecule has 184 valence electrons. The molecule has 8 nitrogen and oxygen atoms in total. The minimum atomic E-state index is -0.467. The molecule has 0 saturated carbocycles. The van der Waals surface area contributed by atoms with Crippen LogP contribution in [0.15, 0.2) is 71.1 Å². The van der Waals surface area contributed by atoms with E-state index in [0.29, 0.717) is 28.7 Å². The van der Waals surface area contributed by atoms with Crippen LogP contribution in [0.4, 0.5) is 0 Å². The number of aryl methyl sites for hydroxylation is 2. The van der Waals surface area contributed by atoms with Crippen LogP contribution in [0.2, 0.25) is 0 Å². The quantitative estimate of drug-likeness (QED) is 0.358. The minimum Gasteiger partial charge on any atom is -0.483 e. The Hall–Kier alpha value is -4.46. The number of amides is 2. The molecule has 4 rings (SSSR count). The van der Waals surface area contributed by atoms with Crippen molar-refractivity contribution in [3.05, 3.63) is 89.0 Å². The van der Waals surface area contributed by atoms with Crippen LogP contribution in [0.1, 0.15) is 46.8 Å². The maximum Gasteiger partial charge on any atom is 0.276 e. The third-order valence-electron chi connectivity index (χ3n) is 5.55. The third kappa shape index (κ3) is 5.96. The van der Waals surface area contributed by atoms with E-state index in [2.05, 4.69) is 34.9 Å². The summed E-state index contributed by atoms with van der Waals surface area (Å²) in [5.74, 6) is 0.763. The normalized spacial score (nSPS) is 10.8. The van der Waals surface area contributed by atoms with Gasteiger partial charge in [-0.3, -0.25) is 20.4 Å². The van der Waals surface area contributed by atoms with Crippen LogP contribution >= 0.6 is 0 Å². The zero-order chi connectivity index (χ0) is 25.7. The molecule has 0 aliphatic heterocycles. The lowest BCUT2D eigenvalue weighted by Gasteiger charge is -2.15. The first-order chi connectivity index (χ1) is 17.3. The van der Waals surface area contributed by atoms with Gasteiger partial charge in [0.05, 0.1) is 0 Å². The van der Waals surface area contributed by atoms with Gasteiger partial charge in [-0.05, 0) is 73.4 Å². The number of carbonyl (C=O) groups is 2. The Balaban J connectivity index is 1.32. The van der Waals surface area contributed by atoms with E-state index in [-0.39, 0.29) is 12.5 Å². The van der Waals surface area contributed by atoms with Crippen molar-refractivity contribution >= 4 is 11.8 Å². The first-order valence-corrected chi connectivity index (χ1v) is 11.6. The molecular formula is C28H28N4O4. The van der Waals surface area contributed by atoms with Crippen molar-refractivity contribution in [1.29, 1.82) is 0 Å². The number of hydrogen-bond donors (Lipinski definition) is 2. The maximum absolute atomic E-state index is 12.5. The second-order valence-corrected chi connectivity index (χ2v) is 8.85. The SMILES string of the molecule is Cc1cccc(-c2nnc(-c3ccc(C(=O)NNC(=O)COc4cc(C)ccc4C(C)C)cc3)o2)c1. The van der Waals surface area contributed by atoms with Crippen molar-refractivity contribution < 1.29 is 18.7 Å². The van der Waals surface area contributed by atoms with E-state index in [1.165, 1.54) is 0 Å². The molecular weight excluding hydrogens is 456 g/mol. The number of nitrogens with zero attached hydrogens (tertiary/aromatic N) is 2. The van der Waals surface area contributed by atoms with E-state index >= 15 is 0 Å². The van der Waals surface area contributed by atoms with E-state index < -0.39 is 11.8 Å². The summed E-state index contributed by atoms with van der Waals surface area (Å²) in [5.41, 5.74) is 9.82. The van der Waals surface area contributed by atoms with Gasteiger partial charge in [-0.15, -0.1) is 10.2 Å². The third-order valence-corrected chi connectivity index (χ3v) is 5.55. The lowest BCUT2D eigenvalue weighted by molar-refractivity contribution is -0.123. The number of benzene rings is 3. The summed E-state index contributed by atoms with van der Waals surface area (Å²) in [6.45, 7) is 7.86. The molecule has 0 radical (unpaired) electrons. The fourth-order valence-electron chi connectivity index (χ4n) is 3.62. The van der Waals surface area contributed by atoms with E-state index in [1.54, 1.807) is 24.3 Å². The number of nitrogens with one attached hydrogen (secondary N) is 2. The maximum atomic E-state index is 12.5. The average Bonchev–Trinajstić information content (AvgIpc) is 3.36. The standard InChI is InChI=1S/C28H28N4O4/c1-17(2)23-13-8-19(4)15-24(23)35-16-25(33)29-30-26(34)20-9-11-21(12-10-20)27-31-32-28(36-27)22-7-5-6-18(3)14-22/h5-15,17H,16H2,1-4H3,(H,29,33)(H,30,34). The molecule has 1 aromatic heterocycles. The van der Waals surface area contributed by atoms with Crippen LogP contribution in [0.3, 0.4) is 0 Å². The molecule has 2 amide bonds. The number of rotatable bonds is 7. The molecule has 36 heavy (non-hydrogen) atoms. The van der Waals surface area contributed by atoms with Crippen LogP contribution in [0, 0.1) is 13.8 Å². The number of hydrogen-bond acceptors (Lipinski definition) is 6. The molecule has 0 atom stereocenters. The summed E-state index contributed by atoms with van der Waals surface area (Å²) < 4.78 is 11.5. The van der Waals surface area contributed by atoms with E-state index in [4.69, 9.17) is 9.15 Å². The average molecular weight is 485 g/mol.